The molecule has 0 bridgehead atoms. The van der Waals surface area contributed by atoms with Gasteiger partial charge in [0.2, 0.25) is 0 Å². The first-order valence-electron chi connectivity index (χ1n) is 8.43. The number of carbonyl (C=O) groups excluding carboxylic acids is 1. The standard InChI is InChI=1S/C21H14ClFN4O/c22-15-1-5-17(6-2-15)25-21(28)19-13-20(14-9-11-24-12-10-14)27(26-19)18-7-3-16(23)4-8-18/h1-13H,(H,25,28). The number of nitrogens with one attached hydrogen (secondary N) is 1. The Morgan fingerprint density at radius 3 is 2.32 bits per heavy atom. The van der Waals surface area contributed by atoms with Crippen LogP contribution in [0.4, 0.5) is 10.1 Å². The Balaban J connectivity index is 1.73. The van der Waals surface area contributed by atoms with E-state index in [1.165, 1.54) is 12.1 Å². The van der Waals surface area contributed by atoms with Crippen molar-refractivity contribution >= 4 is 23.2 Å². The molecule has 0 saturated heterocycles. The molecule has 0 radical (unpaired) electrons. The van der Waals surface area contributed by atoms with Crippen LogP contribution in [0.1, 0.15) is 10.5 Å². The monoisotopic (exact) mass is 392 g/mol. The first-order valence-corrected chi connectivity index (χ1v) is 8.81. The molecule has 4 rings (SSSR count). The molecule has 138 valence electrons. The third-order valence-corrected chi connectivity index (χ3v) is 4.34. The molecule has 0 unspecified atom stereocenters. The van der Waals surface area contributed by atoms with E-state index in [1.54, 1.807) is 59.5 Å². The van der Waals surface area contributed by atoms with E-state index >= 15 is 0 Å². The maximum atomic E-state index is 13.3. The average Bonchev–Trinajstić information content (AvgIpc) is 3.16. The maximum absolute atomic E-state index is 13.3. The summed E-state index contributed by atoms with van der Waals surface area (Å²) in [4.78, 5) is 16.7. The topological polar surface area (TPSA) is 59.8 Å². The van der Waals surface area contributed by atoms with E-state index in [0.717, 1.165) is 5.56 Å². The molecule has 2 aromatic carbocycles. The molecule has 4 aromatic rings. The lowest BCUT2D eigenvalue weighted by atomic mass is 10.2. The quantitative estimate of drug-likeness (QED) is 0.533. The van der Waals surface area contributed by atoms with Gasteiger partial charge in [0.15, 0.2) is 5.69 Å². The van der Waals surface area contributed by atoms with Crippen molar-refractivity contribution in [3.8, 4) is 16.9 Å². The molecular weight excluding hydrogens is 379 g/mol. The van der Waals surface area contributed by atoms with Gasteiger partial charge >= 0.3 is 0 Å². The molecule has 0 aliphatic rings. The fraction of sp³-hybridized carbons (Fsp3) is 0. The molecule has 2 heterocycles. The Hall–Kier alpha value is -3.51. The second-order valence-electron chi connectivity index (χ2n) is 6.00. The van der Waals surface area contributed by atoms with Crippen molar-refractivity contribution in [1.29, 1.82) is 0 Å². The lowest BCUT2D eigenvalue weighted by Crippen LogP contribution is -2.13. The molecule has 0 atom stereocenters. The minimum atomic E-state index is -0.363. The molecule has 2 aromatic heterocycles. The van der Waals surface area contributed by atoms with E-state index < -0.39 is 0 Å². The van der Waals surface area contributed by atoms with E-state index in [-0.39, 0.29) is 17.4 Å². The fourth-order valence-corrected chi connectivity index (χ4v) is 2.85. The number of carbonyl (C=O) groups is 1. The summed E-state index contributed by atoms with van der Waals surface area (Å²) < 4.78 is 14.9. The second kappa shape index (κ2) is 7.62. The smallest absolute Gasteiger partial charge is 0.276 e. The maximum Gasteiger partial charge on any atom is 0.276 e. The minimum absolute atomic E-state index is 0.228. The highest BCUT2D eigenvalue weighted by Gasteiger charge is 2.17. The summed E-state index contributed by atoms with van der Waals surface area (Å²) in [6.07, 6.45) is 3.32. The van der Waals surface area contributed by atoms with Gasteiger partial charge in [-0.1, -0.05) is 11.6 Å². The molecule has 28 heavy (non-hydrogen) atoms. The second-order valence-corrected chi connectivity index (χ2v) is 6.44. The number of amides is 1. The Bertz CT molecular complexity index is 1110. The third kappa shape index (κ3) is 3.77. The lowest BCUT2D eigenvalue weighted by molar-refractivity contribution is 0.102. The Labute approximate surface area is 165 Å². The lowest BCUT2D eigenvalue weighted by Gasteiger charge is -2.07. The Morgan fingerprint density at radius 2 is 1.64 bits per heavy atom. The van der Waals surface area contributed by atoms with Crippen LogP contribution in [0.15, 0.2) is 79.1 Å². The molecule has 0 aliphatic heterocycles. The van der Waals surface area contributed by atoms with E-state index in [1.807, 2.05) is 12.1 Å². The van der Waals surface area contributed by atoms with Crippen LogP contribution in [0.3, 0.4) is 0 Å². The van der Waals surface area contributed by atoms with Crippen molar-refractivity contribution < 1.29 is 9.18 Å². The van der Waals surface area contributed by atoms with Gasteiger partial charge in [-0.25, -0.2) is 9.07 Å². The van der Waals surface area contributed by atoms with Crippen LogP contribution in [0.5, 0.6) is 0 Å². The zero-order valence-electron chi connectivity index (χ0n) is 14.5. The molecule has 1 N–H and O–H groups in total. The van der Waals surface area contributed by atoms with Crippen LogP contribution in [-0.4, -0.2) is 20.7 Å². The van der Waals surface area contributed by atoms with Gasteiger partial charge in [-0.2, -0.15) is 5.10 Å². The Kier molecular flexibility index (Phi) is 4.87. The summed E-state index contributed by atoms with van der Waals surface area (Å²) in [5.41, 5.74) is 2.99. The predicted octanol–water partition coefficient (Wildman–Crippen LogP) is 4.98. The first-order chi connectivity index (χ1) is 13.6. The normalized spacial score (nSPS) is 10.6. The zero-order valence-corrected chi connectivity index (χ0v) is 15.3. The Morgan fingerprint density at radius 1 is 0.964 bits per heavy atom. The zero-order chi connectivity index (χ0) is 19.5. The highest BCUT2D eigenvalue weighted by molar-refractivity contribution is 6.30. The average molecular weight is 393 g/mol. The first kappa shape index (κ1) is 17.9. The highest BCUT2D eigenvalue weighted by Crippen LogP contribution is 2.24. The van der Waals surface area contributed by atoms with Gasteiger partial charge in [0.1, 0.15) is 5.82 Å². The van der Waals surface area contributed by atoms with Gasteiger partial charge in [0.05, 0.1) is 11.4 Å². The molecular formula is C21H14ClFN4O. The summed E-state index contributed by atoms with van der Waals surface area (Å²) >= 11 is 5.88. The van der Waals surface area contributed by atoms with Crippen LogP contribution in [0, 0.1) is 5.82 Å². The summed E-state index contributed by atoms with van der Waals surface area (Å²) in [7, 11) is 0. The molecule has 0 aliphatic carbocycles. The van der Waals surface area contributed by atoms with E-state index in [4.69, 9.17) is 11.6 Å². The number of hydrogen-bond acceptors (Lipinski definition) is 3. The van der Waals surface area contributed by atoms with Crippen molar-refractivity contribution in [2.75, 3.05) is 5.32 Å². The SMILES string of the molecule is O=C(Nc1ccc(Cl)cc1)c1cc(-c2ccncc2)n(-c2ccc(F)cc2)n1. The van der Waals surface area contributed by atoms with Gasteiger partial charge in [-0.3, -0.25) is 9.78 Å². The van der Waals surface area contributed by atoms with Crippen LogP contribution in [0.2, 0.25) is 5.02 Å². The molecule has 0 saturated carbocycles. The number of hydrogen-bond donors (Lipinski definition) is 1. The van der Waals surface area contributed by atoms with Crippen molar-refractivity contribution in [3.05, 3.63) is 95.7 Å². The molecule has 0 spiro atoms. The highest BCUT2D eigenvalue weighted by atomic mass is 35.5. The van der Waals surface area contributed by atoms with E-state index in [0.29, 0.717) is 22.1 Å². The number of halogens is 2. The summed E-state index contributed by atoms with van der Waals surface area (Å²) in [5, 5.41) is 7.81. The van der Waals surface area contributed by atoms with Gasteiger partial charge in [0, 0.05) is 28.7 Å². The van der Waals surface area contributed by atoms with Gasteiger partial charge < -0.3 is 5.32 Å². The molecule has 0 fully saturated rings. The molecule has 7 heteroatoms. The van der Waals surface area contributed by atoms with Gasteiger partial charge in [-0.15, -0.1) is 0 Å². The summed E-state index contributed by atoms with van der Waals surface area (Å²) in [6.45, 7) is 0. The van der Waals surface area contributed by atoms with Crippen molar-refractivity contribution in [1.82, 2.24) is 14.8 Å². The number of benzene rings is 2. The third-order valence-electron chi connectivity index (χ3n) is 4.09. The number of pyridine rings is 1. The number of aromatic nitrogens is 3. The van der Waals surface area contributed by atoms with Crippen LogP contribution < -0.4 is 5.32 Å². The fourth-order valence-electron chi connectivity index (χ4n) is 2.73. The van der Waals surface area contributed by atoms with Crippen LogP contribution >= 0.6 is 11.6 Å². The van der Waals surface area contributed by atoms with Gasteiger partial charge in [0.25, 0.3) is 5.91 Å². The number of nitrogens with zero attached hydrogens (tertiary/aromatic N) is 3. The van der Waals surface area contributed by atoms with Crippen molar-refractivity contribution in [2.45, 2.75) is 0 Å². The van der Waals surface area contributed by atoms with Crippen LogP contribution in [-0.2, 0) is 0 Å². The van der Waals surface area contributed by atoms with Crippen LogP contribution in [0.25, 0.3) is 16.9 Å². The van der Waals surface area contributed by atoms with Gasteiger partial charge in [-0.05, 0) is 66.7 Å². The van der Waals surface area contributed by atoms with E-state index in [2.05, 4.69) is 15.4 Å². The minimum Gasteiger partial charge on any atom is -0.321 e. The van der Waals surface area contributed by atoms with E-state index in [9.17, 15) is 9.18 Å². The largest absolute Gasteiger partial charge is 0.321 e. The summed E-state index contributed by atoms with van der Waals surface area (Å²) in [5.74, 6) is -0.708. The summed E-state index contributed by atoms with van der Waals surface area (Å²) in [6, 6.07) is 18.0. The molecule has 5 nitrogen and oxygen atoms in total. The predicted molar refractivity (Wildman–Crippen MR) is 106 cm³/mol. The molecule has 1 amide bonds. The van der Waals surface area contributed by atoms with Crippen molar-refractivity contribution in [3.63, 3.8) is 0 Å². The number of rotatable bonds is 4. The van der Waals surface area contributed by atoms with Crippen molar-refractivity contribution in [2.24, 2.45) is 0 Å². The number of anilines is 1.